The summed E-state index contributed by atoms with van der Waals surface area (Å²) in [7, 11) is 0. The van der Waals surface area contributed by atoms with Crippen LogP contribution >= 0.6 is 11.6 Å². The Hall–Kier alpha value is 0.170. The molecular formula is C19H39ClO3. The summed E-state index contributed by atoms with van der Waals surface area (Å²) >= 11 is 5.70. The Morgan fingerprint density at radius 2 is 1.00 bits per heavy atom. The van der Waals surface area contributed by atoms with Crippen LogP contribution in [-0.2, 0) is 14.2 Å². The highest BCUT2D eigenvalue weighted by molar-refractivity contribution is 6.17. The average molecular weight is 351 g/mol. The maximum absolute atomic E-state index is 5.98. The van der Waals surface area contributed by atoms with E-state index in [0.29, 0.717) is 19.8 Å². The van der Waals surface area contributed by atoms with E-state index in [4.69, 9.17) is 25.8 Å². The quantitative estimate of drug-likeness (QED) is 0.165. The van der Waals surface area contributed by atoms with Crippen molar-refractivity contribution in [3.05, 3.63) is 0 Å². The van der Waals surface area contributed by atoms with E-state index >= 15 is 0 Å². The lowest BCUT2D eigenvalue weighted by molar-refractivity contribution is -0.383. The molecule has 0 saturated heterocycles. The first-order valence-corrected chi connectivity index (χ1v) is 10.3. The largest absolute Gasteiger partial charge is 0.327 e. The van der Waals surface area contributed by atoms with Crippen LogP contribution in [0.2, 0.25) is 0 Å². The van der Waals surface area contributed by atoms with Gasteiger partial charge in [-0.15, -0.1) is 11.6 Å². The van der Waals surface area contributed by atoms with Crippen LogP contribution in [0.4, 0.5) is 0 Å². The molecule has 0 N–H and O–H groups in total. The summed E-state index contributed by atoms with van der Waals surface area (Å²) in [5, 5.41) is 0. The molecule has 0 amide bonds. The first-order chi connectivity index (χ1) is 11.2. The Morgan fingerprint density at radius 1 is 0.609 bits per heavy atom. The van der Waals surface area contributed by atoms with E-state index in [1.807, 2.05) is 0 Å². The second-order valence-electron chi connectivity index (χ2n) is 6.14. The Bertz CT molecular complexity index is 215. The predicted octanol–water partition coefficient (Wildman–Crippen LogP) is 6.28. The molecule has 0 rings (SSSR count). The van der Waals surface area contributed by atoms with Crippen molar-refractivity contribution in [1.29, 1.82) is 0 Å². The second kappa shape index (κ2) is 17.0. The lowest BCUT2D eigenvalue weighted by atomic mass is 10.1. The molecule has 0 aliphatic rings. The number of unbranched alkanes of at least 4 members (excludes halogenated alkanes) is 6. The zero-order valence-corrected chi connectivity index (χ0v) is 16.5. The molecule has 0 aromatic carbocycles. The summed E-state index contributed by atoms with van der Waals surface area (Å²) in [6.45, 7) is 8.41. The van der Waals surface area contributed by atoms with Crippen molar-refractivity contribution in [1.82, 2.24) is 0 Å². The zero-order chi connectivity index (χ0) is 17.2. The van der Waals surface area contributed by atoms with Gasteiger partial charge in [0, 0.05) is 12.3 Å². The van der Waals surface area contributed by atoms with Crippen LogP contribution in [0.5, 0.6) is 0 Å². The monoisotopic (exact) mass is 350 g/mol. The summed E-state index contributed by atoms with van der Waals surface area (Å²) in [6, 6.07) is 0. The van der Waals surface area contributed by atoms with Crippen LogP contribution < -0.4 is 0 Å². The summed E-state index contributed by atoms with van der Waals surface area (Å²) < 4.78 is 18.0. The SMILES string of the molecule is CCCOC(CCCCCCCCCCl)(OCCC)OCCC. The van der Waals surface area contributed by atoms with Gasteiger partial charge in [-0.05, 0) is 32.1 Å². The minimum Gasteiger partial charge on any atom is -0.327 e. The van der Waals surface area contributed by atoms with Crippen molar-refractivity contribution >= 4 is 11.6 Å². The number of hydrogen-bond donors (Lipinski definition) is 0. The summed E-state index contributed by atoms with van der Waals surface area (Å²) in [4.78, 5) is 0. The van der Waals surface area contributed by atoms with E-state index in [-0.39, 0.29) is 0 Å². The lowest BCUT2D eigenvalue weighted by Gasteiger charge is -2.33. The molecule has 23 heavy (non-hydrogen) atoms. The summed E-state index contributed by atoms with van der Waals surface area (Å²) in [5.74, 6) is -0.0263. The molecule has 0 saturated carbocycles. The fourth-order valence-electron chi connectivity index (χ4n) is 2.43. The lowest BCUT2D eigenvalue weighted by Crippen LogP contribution is -2.40. The van der Waals surface area contributed by atoms with Gasteiger partial charge in [-0.25, -0.2) is 0 Å². The van der Waals surface area contributed by atoms with Gasteiger partial charge in [0.05, 0.1) is 19.8 Å². The van der Waals surface area contributed by atoms with E-state index in [1.54, 1.807) is 0 Å². The molecule has 0 bridgehead atoms. The Kier molecular flexibility index (Phi) is 17.1. The molecule has 0 heterocycles. The fraction of sp³-hybridized carbons (Fsp3) is 1.00. The molecule has 0 aromatic rings. The molecule has 3 nitrogen and oxygen atoms in total. The van der Waals surface area contributed by atoms with Crippen LogP contribution in [0.3, 0.4) is 0 Å². The number of alkyl halides is 1. The van der Waals surface area contributed by atoms with E-state index in [1.165, 1.54) is 32.1 Å². The van der Waals surface area contributed by atoms with Crippen molar-refractivity contribution < 1.29 is 14.2 Å². The van der Waals surface area contributed by atoms with E-state index < -0.39 is 5.97 Å². The minimum absolute atomic E-state index is 0.686. The van der Waals surface area contributed by atoms with Gasteiger partial charge in [0.1, 0.15) is 0 Å². The minimum atomic E-state index is -0.819. The molecule has 0 aliphatic heterocycles. The standard InChI is InChI=1S/C19H39ClO3/c1-4-16-21-19(22-17-5-2,23-18-6-3)14-12-10-8-7-9-11-13-15-20/h4-18H2,1-3H3. The van der Waals surface area contributed by atoms with Gasteiger partial charge in [0.15, 0.2) is 0 Å². The first kappa shape index (κ1) is 23.2. The van der Waals surface area contributed by atoms with Crippen LogP contribution in [0.1, 0.15) is 91.4 Å². The Labute approximate surface area is 149 Å². The number of hydrogen-bond acceptors (Lipinski definition) is 3. The van der Waals surface area contributed by atoms with E-state index in [9.17, 15) is 0 Å². The maximum atomic E-state index is 5.98. The third kappa shape index (κ3) is 13.2. The molecule has 0 fully saturated rings. The van der Waals surface area contributed by atoms with Gasteiger partial charge in [0.25, 0.3) is 5.97 Å². The molecule has 0 spiro atoms. The average Bonchev–Trinajstić information content (AvgIpc) is 2.58. The zero-order valence-electron chi connectivity index (χ0n) is 15.7. The highest BCUT2D eigenvalue weighted by Crippen LogP contribution is 2.25. The smallest absolute Gasteiger partial charge is 0.282 e. The number of rotatable bonds is 18. The van der Waals surface area contributed by atoms with E-state index in [0.717, 1.165) is 44.4 Å². The number of ether oxygens (including phenoxy) is 3. The predicted molar refractivity (Wildman–Crippen MR) is 99.1 cm³/mol. The van der Waals surface area contributed by atoms with Crippen molar-refractivity contribution in [2.75, 3.05) is 25.7 Å². The van der Waals surface area contributed by atoms with Gasteiger partial charge in [0.2, 0.25) is 0 Å². The van der Waals surface area contributed by atoms with Gasteiger partial charge < -0.3 is 14.2 Å². The Balaban J connectivity index is 4.14. The van der Waals surface area contributed by atoms with Gasteiger partial charge in [-0.2, -0.15) is 0 Å². The molecule has 4 heteroatoms. The number of halogens is 1. The van der Waals surface area contributed by atoms with Crippen molar-refractivity contribution in [2.45, 2.75) is 97.4 Å². The highest BCUT2D eigenvalue weighted by atomic mass is 35.5. The molecular weight excluding hydrogens is 312 g/mol. The highest BCUT2D eigenvalue weighted by Gasteiger charge is 2.32. The van der Waals surface area contributed by atoms with Crippen molar-refractivity contribution in [3.8, 4) is 0 Å². The van der Waals surface area contributed by atoms with Crippen molar-refractivity contribution in [3.63, 3.8) is 0 Å². The van der Waals surface area contributed by atoms with Crippen LogP contribution in [0.25, 0.3) is 0 Å². The molecule has 0 atom stereocenters. The van der Waals surface area contributed by atoms with Crippen molar-refractivity contribution in [2.24, 2.45) is 0 Å². The maximum Gasteiger partial charge on any atom is 0.282 e. The van der Waals surface area contributed by atoms with E-state index in [2.05, 4.69) is 20.8 Å². The Morgan fingerprint density at radius 3 is 1.39 bits per heavy atom. The molecule has 0 radical (unpaired) electrons. The van der Waals surface area contributed by atoms with Crippen LogP contribution in [0.15, 0.2) is 0 Å². The molecule has 140 valence electrons. The third-order valence-corrected chi connectivity index (χ3v) is 3.96. The first-order valence-electron chi connectivity index (χ1n) is 9.72. The molecule has 0 aliphatic carbocycles. The van der Waals surface area contributed by atoms with Crippen LogP contribution in [-0.4, -0.2) is 31.7 Å². The fourth-order valence-corrected chi connectivity index (χ4v) is 2.62. The molecule has 0 unspecified atom stereocenters. The molecule has 0 aromatic heterocycles. The summed E-state index contributed by atoms with van der Waals surface area (Å²) in [5.41, 5.74) is 0. The van der Waals surface area contributed by atoms with Gasteiger partial charge >= 0.3 is 0 Å². The topological polar surface area (TPSA) is 27.7 Å². The van der Waals surface area contributed by atoms with Gasteiger partial charge in [-0.3, -0.25) is 0 Å². The second-order valence-corrected chi connectivity index (χ2v) is 6.52. The third-order valence-electron chi connectivity index (χ3n) is 3.69. The normalized spacial score (nSPS) is 12.0. The van der Waals surface area contributed by atoms with Gasteiger partial charge in [-0.1, -0.05) is 52.9 Å². The van der Waals surface area contributed by atoms with Crippen LogP contribution in [0, 0.1) is 0 Å². The summed E-state index contributed by atoms with van der Waals surface area (Å²) in [6.07, 6.45) is 12.3.